The van der Waals surface area contributed by atoms with Crippen LogP contribution in [0.1, 0.15) is 5.69 Å². The van der Waals surface area contributed by atoms with Crippen LogP contribution < -0.4 is 10.1 Å². The third-order valence-corrected chi connectivity index (χ3v) is 1.88. The van der Waals surface area contributed by atoms with E-state index in [0.29, 0.717) is 18.1 Å². The third kappa shape index (κ3) is 3.03. The number of nitro groups is 1. The highest BCUT2D eigenvalue weighted by molar-refractivity contribution is 5.57. The Morgan fingerprint density at radius 3 is 2.94 bits per heavy atom. The van der Waals surface area contributed by atoms with Gasteiger partial charge in [-0.1, -0.05) is 6.08 Å². The van der Waals surface area contributed by atoms with Crippen LogP contribution in [0.15, 0.2) is 18.2 Å². The Morgan fingerprint density at radius 2 is 2.38 bits per heavy atom. The fraction of sp³-hybridized carbons (Fsp3) is 0.300. The zero-order valence-corrected chi connectivity index (χ0v) is 9.14. The summed E-state index contributed by atoms with van der Waals surface area (Å²) < 4.78 is 4.91. The lowest BCUT2D eigenvalue weighted by Gasteiger charge is -2.01. The van der Waals surface area contributed by atoms with Gasteiger partial charge in [0.15, 0.2) is 0 Å². The van der Waals surface area contributed by atoms with Crippen LogP contribution in [0.25, 0.3) is 6.08 Å². The molecule has 1 aromatic heterocycles. The third-order valence-electron chi connectivity index (χ3n) is 1.88. The first kappa shape index (κ1) is 12.1. The predicted octanol–water partition coefficient (Wildman–Crippen LogP) is 1.23. The predicted molar refractivity (Wildman–Crippen MR) is 60.4 cm³/mol. The molecule has 0 saturated carbocycles. The van der Waals surface area contributed by atoms with E-state index in [-0.39, 0.29) is 5.69 Å². The van der Waals surface area contributed by atoms with Crippen LogP contribution in [0.3, 0.4) is 0 Å². The zero-order chi connectivity index (χ0) is 12.0. The molecule has 86 valence electrons. The lowest BCUT2D eigenvalue weighted by atomic mass is 10.2. The highest BCUT2D eigenvalue weighted by atomic mass is 16.6. The molecule has 0 aliphatic rings. The van der Waals surface area contributed by atoms with E-state index in [0.717, 1.165) is 0 Å². The van der Waals surface area contributed by atoms with Crippen molar-refractivity contribution in [3.05, 3.63) is 34.0 Å². The van der Waals surface area contributed by atoms with Crippen LogP contribution in [0.4, 0.5) is 5.69 Å². The van der Waals surface area contributed by atoms with Gasteiger partial charge in [-0.25, -0.2) is 4.98 Å². The Morgan fingerprint density at radius 1 is 1.62 bits per heavy atom. The largest absolute Gasteiger partial charge is 0.481 e. The highest BCUT2D eigenvalue weighted by Crippen LogP contribution is 2.21. The molecular formula is C10H13N3O3. The lowest BCUT2D eigenvalue weighted by Crippen LogP contribution is -2.04. The minimum Gasteiger partial charge on any atom is -0.481 e. The maximum atomic E-state index is 10.7. The van der Waals surface area contributed by atoms with Gasteiger partial charge in [0, 0.05) is 18.7 Å². The van der Waals surface area contributed by atoms with Gasteiger partial charge in [0.2, 0.25) is 5.88 Å². The monoisotopic (exact) mass is 223 g/mol. The zero-order valence-electron chi connectivity index (χ0n) is 9.14. The van der Waals surface area contributed by atoms with Crippen LogP contribution in [-0.2, 0) is 0 Å². The second-order valence-corrected chi connectivity index (χ2v) is 2.98. The van der Waals surface area contributed by atoms with Crippen molar-refractivity contribution < 1.29 is 9.66 Å². The maximum absolute atomic E-state index is 10.7. The second kappa shape index (κ2) is 5.82. The number of pyridine rings is 1. The van der Waals surface area contributed by atoms with Crippen molar-refractivity contribution in [3.63, 3.8) is 0 Å². The Labute approximate surface area is 93.1 Å². The SMILES string of the molecule is CNCC=Cc1nc(OC)ccc1[N+](=O)[O-]. The van der Waals surface area contributed by atoms with Gasteiger partial charge in [0.1, 0.15) is 5.69 Å². The molecule has 0 aliphatic heterocycles. The first-order valence-corrected chi connectivity index (χ1v) is 4.69. The van der Waals surface area contributed by atoms with Crippen molar-refractivity contribution in [2.24, 2.45) is 0 Å². The quantitative estimate of drug-likeness (QED) is 0.600. The highest BCUT2D eigenvalue weighted by Gasteiger charge is 2.13. The van der Waals surface area contributed by atoms with Crippen molar-refractivity contribution in [1.82, 2.24) is 10.3 Å². The number of aromatic nitrogens is 1. The molecule has 0 bridgehead atoms. The molecule has 0 aliphatic carbocycles. The van der Waals surface area contributed by atoms with E-state index in [1.807, 2.05) is 0 Å². The molecule has 0 unspecified atom stereocenters. The Balaban J connectivity index is 3.05. The van der Waals surface area contributed by atoms with E-state index < -0.39 is 4.92 Å². The van der Waals surface area contributed by atoms with Crippen molar-refractivity contribution in [3.8, 4) is 5.88 Å². The Bertz CT molecular complexity index is 404. The van der Waals surface area contributed by atoms with Crippen molar-refractivity contribution in [2.45, 2.75) is 0 Å². The standard InChI is InChI=1S/C10H13N3O3/c1-11-7-3-4-8-9(13(14)15)5-6-10(12-8)16-2/h3-6,11H,7H2,1-2H3. The number of rotatable bonds is 5. The lowest BCUT2D eigenvalue weighted by molar-refractivity contribution is -0.385. The van der Waals surface area contributed by atoms with Gasteiger partial charge < -0.3 is 10.1 Å². The molecule has 6 heteroatoms. The molecule has 0 amide bonds. The van der Waals surface area contributed by atoms with Crippen LogP contribution in [0.5, 0.6) is 5.88 Å². The number of hydrogen-bond acceptors (Lipinski definition) is 5. The van der Waals surface area contributed by atoms with Crippen molar-refractivity contribution in [1.29, 1.82) is 0 Å². The van der Waals surface area contributed by atoms with Gasteiger partial charge in [-0.3, -0.25) is 10.1 Å². The number of nitrogens with zero attached hydrogens (tertiary/aromatic N) is 2. The van der Waals surface area contributed by atoms with Gasteiger partial charge in [-0.05, 0) is 13.1 Å². The molecule has 1 rings (SSSR count). The van der Waals surface area contributed by atoms with E-state index in [4.69, 9.17) is 4.74 Å². The molecular weight excluding hydrogens is 210 g/mol. The van der Waals surface area contributed by atoms with E-state index >= 15 is 0 Å². The smallest absolute Gasteiger partial charge is 0.295 e. The minimum absolute atomic E-state index is 0.0341. The fourth-order valence-corrected chi connectivity index (χ4v) is 1.13. The molecule has 6 nitrogen and oxygen atoms in total. The molecule has 1 heterocycles. The summed E-state index contributed by atoms with van der Waals surface area (Å²) in [5, 5.41) is 13.6. The molecule has 1 N–H and O–H groups in total. The second-order valence-electron chi connectivity index (χ2n) is 2.98. The molecule has 0 saturated heterocycles. The molecule has 1 aromatic rings. The number of ether oxygens (including phenoxy) is 1. The van der Waals surface area contributed by atoms with Gasteiger partial charge in [-0.15, -0.1) is 0 Å². The van der Waals surface area contributed by atoms with E-state index in [2.05, 4.69) is 10.3 Å². The number of likely N-dealkylation sites (N-methyl/N-ethyl adjacent to an activating group) is 1. The summed E-state index contributed by atoms with van der Waals surface area (Å²) in [6.45, 7) is 0.621. The summed E-state index contributed by atoms with van der Waals surface area (Å²) in [4.78, 5) is 14.3. The van der Waals surface area contributed by atoms with Gasteiger partial charge >= 0.3 is 0 Å². The van der Waals surface area contributed by atoms with Crippen molar-refractivity contribution in [2.75, 3.05) is 20.7 Å². The average molecular weight is 223 g/mol. The van der Waals surface area contributed by atoms with Crippen LogP contribution >= 0.6 is 0 Å². The average Bonchev–Trinajstić information content (AvgIpc) is 2.29. The van der Waals surface area contributed by atoms with E-state index in [1.54, 1.807) is 19.2 Å². The Hall–Kier alpha value is -1.95. The molecule has 0 radical (unpaired) electrons. The van der Waals surface area contributed by atoms with E-state index in [9.17, 15) is 10.1 Å². The van der Waals surface area contributed by atoms with Gasteiger partial charge in [0.25, 0.3) is 5.69 Å². The maximum Gasteiger partial charge on any atom is 0.295 e. The minimum atomic E-state index is -0.467. The molecule has 0 aromatic carbocycles. The van der Waals surface area contributed by atoms with E-state index in [1.165, 1.54) is 19.2 Å². The van der Waals surface area contributed by atoms with Crippen LogP contribution in [0.2, 0.25) is 0 Å². The van der Waals surface area contributed by atoms with Crippen molar-refractivity contribution >= 4 is 11.8 Å². The first-order valence-electron chi connectivity index (χ1n) is 4.69. The number of nitrogens with one attached hydrogen (secondary N) is 1. The topological polar surface area (TPSA) is 77.3 Å². The van der Waals surface area contributed by atoms with Gasteiger partial charge in [-0.2, -0.15) is 0 Å². The summed E-state index contributed by atoms with van der Waals surface area (Å²) in [5.41, 5.74) is 0.257. The van der Waals surface area contributed by atoms with Crippen LogP contribution in [-0.4, -0.2) is 30.6 Å². The van der Waals surface area contributed by atoms with Crippen LogP contribution in [0, 0.1) is 10.1 Å². The summed E-state index contributed by atoms with van der Waals surface area (Å²) >= 11 is 0. The summed E-state index contributed by atoms with van der Waals surface area (Å²) in [6.07, 6.45) is 3.35. The number of hydrogen-bond donors (Lipinski definition) is 1. The first-order chi connectivity index (χ1) is 7.69. The molecule has 0 spiro atoms. The number of methoxy groups -OCH3 is 1. The molecule has 16 heavy (non-hydrogen) atoms. The Kier molecular flexibility index (Phi) is 4.41. The molecule has 0 fully saturated rings. The molecule has 0 atom stereocenters. The van der Waals surface area contributed by atoms with Gasteiger partial charge in [0.05, 0.1) is 12.0 Å². The summed E-state index contributed by atoms with van der Waals surface area (Å²) in [5.74, 6) is 0.356. The fourth-order valence-electron chi connectivity index (χ4n) is 1.13. The normalized spacial score (nSPS) is 10.6. The summed E-state index contributed by atoms with van der Waals surface area (Å²) in [7, 11) is 3.26. The summed E-state index contributed by atoms with van der Waals surface area (Å²) in [6, 6.07) is 2.85.